The van der Waals surface area contributed by atoms with Gasteiger partial charge < -0.3 is 17.2 Å². The molecule has 3 aromatic rings. The minimum Gasteiger partial charge on any atom is -0.370 e. The highest BCUT2D eigenvalue weighted by Crippen LogP contribution is 2.30. The van der Waals surface area contributed by atoms with Crippen LogP contribution in [-0.2, 0) is 0 Å². The van der Waals surface area contributed by atoms with Crippen molar-refractivity contribution in [1.29, 1.82) is 0 Å². The molecule has 6 nitrogen and oxygen atoms in total. The summed E-state index contributed by atoms with van der Waals surface area (Å²) in [6.45, 7) is 0. The fourth-order valence-electron chi connectivity index (χ4n) is 2.15. The second-order valence-electron chi connectivity index (χ2n) is 4.96. The van der Waals surface area contributed by atoms with Crippen LogP contribution in [0.15, 0.2) is 70.0 Å². The molecule has 24 heavy (non-hydrogen) atoms. The van der Waals surface area contributed by atoms with E-state index in [1.807, 2.05) is 60.0 Å². The zero-order chi connectivity index (χ0) is 16.9. The van der Waals surface area contributed by atoms with Gasteiger partial charge in [0.2, 0.25) is 5.96 Å². The first-order valence-corrected chi connectivity index (χ1v) is 8.05. The Morgan fingerprint density at radius 2 is 1.67 bits per heavy atom. The van der Waals surface area contributed by atoms with Gasteiger partial charge in [-0.1, -0.05) is 42.5 Å². The zero-order valence-corrected chi connectivity index (χ0v) is 13.6. The van der Waals surface area contributed by atoms with Crippen LogP contribution in [0.2, 0.25) is 0 Å². The van der Waals surface area contributed by atoms with E-state index in [4.69, 9.17) is 22.2 Å². The summed E-state index contributed by atoms with van der Waals surface area (Å²) >= 11 is 1.58. The Morgan fingerprint density at radius 3 is 2.42 bits per heavy atom. The fraction of sp³-hybridized carbons (Fsp3) is 0. The van der Waals surface area contributed by atoms with Gasteiger partial charge in [0.25, 0.3) is 0 Å². The Hall–Kier alpha value is -3.19. The number of aliphatic imine (C=N–C) groups is 2. The minimum absolute atomic E-state index is 0.0104. The molecule has 0 fully saturated rings. The smallest absolute Gasteiger partial charge is 0.223 e. The predicted octanol–water partition coefficient (Wildman–Crippen LogP) is 2.70. The Balaban J connectivity index is 1.90. The van der Waals surface area contributed by atoms with E-state index in [0.717, 1.165) is 21.8 Å². The number of guanidine groups is 2. The third kappa shape index (κ3) is 3.76. The number of benzene rings is 2. The van der Waals surface area contributed by atoms with Crippen molar-refractivity contribution in [3.05, 3.63) is 60.0 Å². The predicted molar refractivity (Wildman–Crippen MR) is 100 cm³/mol. The van der Waals surface area contributed by atoms with Crippen molar-refractivity contribution < 1.29 is 0 Å². The molecule has 120 valence electrons. The van der Waals surface area contributed by atoms with Gasteiger partial charge in [-0.25, -0.2) is 9.98 Å². The lowest BCUT2D eigenvalue weighted by molar-refractivity contribution is 1.37. The Morgan fingerprint density at radius 1 is 0.917 bits per heavy atom. The monoisotopic (exact) mass is 336 g/mol. The molecule has 0 spiro atoms. The maximum Gasteiger partial charge on any atom is 0.223 e. The van der Waals surface area contributed by atoms with Crippen LogP contribution in [0.3, 0.4) is 0 Å². The quantitative estimate of drug-likeness (QED) is 0.503. The van der Waals surface area contributed by atoms with Crippen molar-refractivity contribution in [1.82, 2.24) is 4.98 Å². The SMILES string of the molecule is NC(N)=NC(N)=Nc1cccc(-c2nc(-c3ccccc3)cs2)c1. The fourth-order valence-corrected chi connectivity index (χ4v) is 2.97. The van der Waals surface area contributed by atoms with Gasteiger partial charge in [0.05, 0.1) is 11.4 Å². The zero-order valence-electron chi connectivity index (χ0n) is 12.8. The van der Waals surface area contributed by atoms with Crippen LogP contribution in [0.1, 0.15) is 0 Å². The van der Waals surface area contributed by atoms with E-state index in [1.165, 1.54) is 0 Å². The van der Waals surface area contributed by atoms with E-state index in [1.54, 1.807) is 11.3 Å². The molecule has 2 aromatic carbocycles. The van der Waals surface area contributed by atoms with E-state index in [2.05, 4.69) is 9.98 Å². The molecule has 6 N–H and O–H groups in total. The summed E-state index contributed by atoms with van der Waals surface area (Å²) in [5, 5.41) is 2.94. The largest absolute Gasteiger partial charge is 0.370 e. The molecule has 0 unspecified atom stereocenters. The van der Waals surface area contributed by atoms with Crippen LogP contribution in [0, 0.1) is 0 Å². The van der Waals surface area contributed by atoms with Gasteiger partial charge in [-0.05, 0) is 12.1 Å². The van der Waals surface area contributed by atoms with Gasteiger partial charge in [-0.2, -0.15) is 4.99 Å². The van der Waals surface area contributed by atoms with E-state index < -0.39 is 0 Å². The molecule has 0 aliphatic rings. The molecule has 0 aliphatic heterocycles. The van der Waals surface area contributed by atoms with Crippen molar-refractivity contribution in [2.75, 3.05) is 0 Å². The van der Waals surface area contributed by atoms with Crippen molar-refractivity contribution in [2.45, 2.75) is 0 Å². The highest BCUT2D eigenvalue weighted by Gasteiger charge is 2.07. The van der Waals surface area contributed by atoms with Crippen LogP contribution in [-0.4, -0.2) is 16.9 Å². The van der Waals surface area contributed by atoms with Crippen LogP contribution in [0.5, 0.6) is 0 Å². The van der Waals surface area contributed by atoms with Crippen LogP contribution in [0.25, 0.3) is 21.8 Å². The molecule has 3 rings (SSSR count). The standard InChI is InChI=1S/C17H16N6S/c18-16(19)23-17(20)21-13-8-4-7-12(9-13)15-22-14(10-24-15)11-5-2-1-3-6-11/h1-10H,(H6,18,19,20,21,23). The van der Waals surface area contributed by atoms with E-state index in [0.29, 0.717) is 5.69 Å². The number of aromatic nitrogens is 1. The maximum atomic E-state index is 5.67. The number of hydrogen-bond acceptors (Lipinski definition) is 3. The number of rotatable bonds is 3. The molecule has 0 saturated carbocycles. The van der Waals surface area contributed by atoms with Gasteiger partial charge in [-0.3, -0.25) is 0 Å². The lowest BCUT2D eigenvalue weighted by Crippen LogP contribution is -2.26. The number of nitrogens with two attached hydrogens (primary N) is 3. The molecular formula is C17H16N6S. The van der Waals surface area contributed by atoms with Gasteiger partial charge in [-0.15, -0.1) is 11.3 Å². The molecule has 7 heteroatoms. The second-order valence-corrected chi connectivity index (χ2v) is 5.82. The first kappa shape index (κ1) is 15.7. The Kier molecular flexibility index (Phi) is 4.53. The van der Waals surface area contributed by atoms with E-state index in [-0.39, 0.29) is 11.9 Å². The van der Waals surface area contributed by atoms with Crippen molar-refractivity contribution in [3.63, 3.8) is 0 Å². The first-order chi connectivity index (χ1) is 11.6. The average Bonchev–Trinajstić information content (AvgIpc) is 3.05. The average molecular weight is 336 g/mol. The van der Waals surface area contributed by atoms with Crippen LogP contribution >= 0.6 is 11.3 Å². The van der Waals surface area contributed by atoms with E-state index >= 15 is 0 Å². The number of nitrogens with zero attached hydrogens (tertiary/aromatic N) is 3. The first-order valence-electron chi connectivity index (χ1n) is 7.17. The molecule has 1 aromatic heterocycles. The molecular weight excluding hydrogens is 320 g/mol. The van der Waals surface area contributed by atoms with Crippen molar-refractivity contribution in [2.24, 2.45) is 27.2 Å². The third-order valence-electron chi connectivity index (χ3n) is 3.15. The normalized spacial score (nSPS) is 11.2. The maximum absolute atomic E-state index is 5.67. The van der Waals surface area contributed by atoms with Crippen molar-refractivity contribution in [3.8, 4) is 21.8 Å². The molecule has 0 bridgehead atoms. The van der Waals surface area contributed by atoms with Crippen LogP contribution < -0.4 is 17.2 Å². The lowest BCUT2D eigenvalue weighted by atomic mass is 10.2. The Bertz CT molecular complexity index is 894. The van der Waals surface area contributed by atoms with Gasteiger partial charge in [0, 0.05) is 16.5 Å². The second kappa shape index (κ2) is 6.93. The minimum atomic E-state index is -0.125. The number of thiazole rings is 1. The third-order valence-corrected chi connectivity index (χ3v) is 4.05. The van der Waals surface area contributed by atoms with Gasteiger partial charge in [0.1, 0.15) is 5.01 Å². The summed E-state index contributed by atoms with van der Waals surface area (Å²) in [7, 11) is 0. The lowest BCUT2D eigenvalue weighted by Gasteiger charge is -2.00. The van der Waals surface area contributed by atoms with Crippen molar-refractivity contribution >= 4 is 28.9 Å². The van der Waals surface area contributed by atoms with Gasteiger partial charge >= 0.3 is 0 Å². The number of hydrogen-bond donors (Lipinski definition) is 3. The van der Waals surface area contributed by atoms with E-state index in [9.17, 15) is 0 Å². The topological polar surface area (TPSA) is 116 Å². The molecule has 1 heterocycles. The summed E-state index contributed by atoms with van der Waals surface area (Å²) in [4.78, 5) is 12.6. The molecule has 0 radical (unpaired) electrons. The summed E-state index contributed by atoms with van der Waals surface area (Å²) in [5.41, 5.74) is 19.9. The molecule has 0 amide bonds. The summed E-state index contributed by atoms with van der Waals surface area (Å²) in [6.07, 6.45) is 0. The Labute approximate surface area is 143 Å². The highest BCUT2D eigenvalue weighted by molar-refractivity contribution is 7.13. The van der Waals surface area contributed by atoms with Gasteiger partial charge in [0.15, 0.2) is 5.96 Å². The van der Waals surface area contributed by atoms with Crippen LogP contribution in [0.4, 0.5) is 5.69 Å². The summed E-state index contributed by atoms with van der Waals surface area (Å²) < 4.78 is 0. The molecule has 0 atom stereocenters. The summed E-state index contributed by atoms with van der Waals surface area (Å²) in [6, 6.07) is 17.6. The molecule has 0 aliphatic carbocycles. The summed E-state index contributed by atoms with van der Waals surface area (Å²) in [5.74, 6) is -0.115. The molecule has 0 saturated heterocycles. The highest BCUT2D eigenvalue weighted by atomic mass is 32.1.